The van der Waals surface area contributed by atoms with Crippen molar-refractivity contribution in [3.8, 4) is 11.5 Å². The molecule has 0 aliphatic carbocycles. The van der Waals surface area contributed by atoms with Gasteiger partial charge in [-0.3, -0.25) is 25.0 Å². The molecule has 4 amide bonds. The molecule has 0 radical (unpaired) electrons. The third kappa shape index (κ3) is 3.81. The lowest BCUT2D eigenvalue weighted by atomic mass is 10.1. The zero-order valence-electron chi connectivity index (χ0n) is 15.4. The van der Waals surface area contributed by atoms with Gasteiger partial charge in [-0.1, -0.05) is 0 Å². The van der Waals surface area contributed by atoms with Crippen molar-refractivity contribution in [2.45, 2.75) is 6.92 Å². The number of phenols is 1. The first-order valence-corrected chi connectivity index (χ1v) is 8.54. The average Bonchev–Trinajstić information content (AvgIpc) is 2.68. The Morgan fingerprint density at radius 2 is 1.90 bits per heavy atom. The van der Waals surface area contributed by atoms with E-state index in [-0.39, 0.29) is 23.6 Å². The van der Waals surface area contributed by atoms with Crippen LogP contribution in [0.15, 0.2) is 42.0 Å². The van der Waals surface area contributed by atoms with Crippen molar-refractivity contribution in [2.75, 3.05) is 11.5 Å². The molecule has 30 heavy (non-hydrogen) atoms. The topological polar surface area (TPSA) is 139 Å². The number of nitrogens with one attached hydrogen (secondary N) is 1. The van der Waals surface area contributed by atoms with Gasteiger partial charge in [-0.25, -0.2) is 14.1 Å². The van der Waals surface area contributed by atoms with Gasteiger partial charge in [-0.05, 0) is 48.9 Å². The van der Waals surface area contributed by atoms with Crippen LogP contribution in [0.1, 0.15) is 12.5 Å². The normalized spacial score (nSPS) is 15.3. The lowest BCUT2D eigenvalue weighted by molar-refractivity contribution is -0.386. The predicted octanol–water partition coefficient (Wildman–Crippen LogP) is 2.50. The molecule has 2 aromatic rings. The van der Waals surface area contributed by atoms with Crippen molar-refractivity contribution in [1.29, 1.82) is 0 Å². The van der Waals surface area contributed by atoms with E-state index in [1.807, 2.05) is 5.32 Å². The number of nitrogens with zero attached hydrogens (tertiary/aromatic N) is 2. The Kier molecular flexibility index (Phi) is 5.45. The second-order valence-electron chi connectivity index (χ2n) is 6.01. The minimum Gasteiger partial charge on any atom is -0.500 e. The lowest BCUT2D eigenvalue weighted by Gasteiger charge is -2.26. The fraction of sp³-hybridized carbons (Fsp3) is 0.105. The van der Waals surface area contributed by atoms with Crippen LogP contribution in [0.2, 0.25) is 0 Å². The van der Waals surface area contributed by atoms with E-state index in [4.69, 9.17) is 4.74 Å². The molecule has 11 heteroatoms. The Hall–Kier alpha value is -4.28. The highest BCUT2D eigenvalue weighted by Crippen LogP contribution is 2.38. The molecule has 0 unspecified atom stereocenters. The minimum absolute atomic E-state index is 0.00913. The highest BCUT2D eigenvalue weighted by molar-refractivity contribution is 6.39. The Morgan fingerprint density at radius 1 is 1.23 bits per heavy atom. The van der Waals surface area contributed by atoms with Gasteiger partial charge >= 0.3 is 11.7 Å². The molecule has 1 heterocycles. The van der Waals surface area contributed by atoms with Gasteiger partial charge in [-0.2, -0.15) is 0 Å². The van der Waals surface area contributed by atoms with Crippen LogP contribution in [-0.4, -0.2) is 34.5 Å². The van der Waals surface area contributed by atoms with E-state index in [0.717, 1.165) is 24.3 Å². The monoisotopic (exact) mass is 415 g/mol. The molecule has 1 fully saturated rings. The number of ether oxygens (including phenoxy) is 1. The number of imide groups is 2. The SMILES string of the molecule is CCOc1cc(/C=C2\C(=O)NC(=O)N(c3ccc(F)cc3)C2=O)cc([N+](=O)[O-])c1O. The number of benzene rings is 2. The molecular formula is C19H14FN3O7. The van der Waals surface area contributed by atoms with Crippen LogP contribution < -0.4 is 15.0 Å². The summed E-state index contributed by atoms with van der Waals surface area (Å²) in [5.74, 6) is -3.53. The number of aromatic hydroxyl groups is 1. The summed E-state index contributed by atoms with van der Waals surface area (Å²) in [7, 11) is 0. The van der Waals surface area contributed by atoms with Crippen molar-refractivity contribution in [3.63, 3.8) is 0 Å². The number of hydrogen-bond donors (Lipinski definition) is 2. The number of barbiturate groups is 1. The van der Waals surface area contributed by atoms with E-state index in [2.05, 4.69) is 0 Å². The third-order valence-corrected chi connectivity index (χ3v) is 4.07. The molecule has 1 aliphatic rings. The van der Waals surface area contributed by atoms with E-state index in [9.17, 15) is 34.0 Å². The summed E-state index contributed by atoms with van der Waals surface area (Å²) in [5, 5.41) is 23.1. The quantitative estimate of drug-likeness (QED) is 0.331. The van der Waals surface area contributed by atoms with E-state index < -0.39 is 45.6 Å². The summed E-state index contributed by atoms with van der Waals surface area (Å²) in [5.41, 5.74) is -1.16. The summed E-state index contributed by atoms with van der Waals surface area (Å²) >= 11 is 0. The molecule has 1 aliphatic heterocycles. The molecule has 154 valence electrons. The fourth-order valence-electron chi connectivity index (χ4n) is 2.75. The van der Waals surface area contributed by atoms with Crippen LogP contribution >= 0.6 is 0 Å². The second kappa shape index (κ2) is 7.99. The smallest absolute Gasteiger partial charge is 0.335 e. The van der Waals surface area contributed by atoms with Crippen molar-refractivity contribution in [3.05, 3.63) is 63.5 Å². The number of phenolic OH excluding ortho intramolecular Hbond substituents is 1. The van der Waals surface area contributed by atoms with E-state index in [1.54, 1.807) is 6.92 Å². The number of nitro benzene ring substituents is 1. The number of amides is 4. The number of urea groups is 1. The largest absolute Gasteiger partial charge is 0.500 e. The third-order valence-electron chi connectivity index (χ3n) is 4.07. The Labute approximate surface area is 168 Å². The van der Waals surface area contributed by atoms with E-state index in [1.165, 1.54) is 18.2 Å². The minimum atomic E-state index is -1.03. The molecule has 10 nitrogen and oxygen atoms in total. The molecule has 0 saturated carbocycles. The van der Waals surface area contributed by atoms with Crippen molar-refractivity contribution < 1.29 is 33.5 Å². The second-order valence-corrected chi connectivity index (χ2v) is 6.01. The van der Waals surface area contributed by atoms with Gasteiger partial charge < -0.3 is 9.84 Å². The Morgan fingerprint density at radius 3 is 2.50 bits per heavy atom. The summed E-state index contributed by atoms with van der Waals surface area (Å²) in [4.78, 5) is 48.1. The number of hydrogen-bond acceptors (Lipinski definition) is 7. The Bertz CT molecular complexity index is 1100. The van der Waals surface area contributed by atoms with Crippen molar-refractivity contribution >= 4 is 35.3 Å². The molecule has 2 N–H and O–H groups in total. The maximum atomic E-state index is 13.2. The van der Waals surface area contributed by atoms with Gasteiger partial charge in [0, 0.05) is 6.07 Å². The zero-order chi connectivity index (χ0) is 22.0. The molecule has 0 aromatic heterocycles. The number of halogens is 1. The van der Waals surface area contributed by atoms with Gasteiger partial charge in [0.25, 0.3) is 11.8 Å². The summed E-state index contributed by atoms with van der Waals surface area (Å²) in [6.45, 7) is 1.69. The molecule has 0 atom stereocenters. The zero-order valence-corrected chi connectivity index (χ0v) is 15.4. The van der Waals surface area contributed by atoms with Crippen molar-refractivity contribution in [2.24, 2.45) is 0 Å². The van der Waals surface area contributed by atoms with Gasteiger partial charge in [0.2, 0.25) is 5.75 Å². The number of carbonyl (C=O) groups is 3. The molecule has 3 rings (SSSR count). The summed E-state index contributed by atoms with van der Waals surface area (Å²) in [6, 6.07) is 5.56. The highest BCUT2D eigenvalue weighted by Gasteiger charge is 2.37. The maximum absolute atomic E-state index is 13.2. The van der Waals surface area contributed by atoms with Crippen LogP contribution in [0, 0.1) is 15.9 Å². The van der Waals surface area contributed by atoms with Gasteiger partial charge in [0.05, 0.1) is 17.2 Å². The summed E-state index contributed by atoms with van der Waals surface area (Å²) in [6.07, 6.45) is 1.02. The van der Waals surface area contributed by atoms with Crippen LogP contribution in [0.25, 0.3) is 6.08 Å². The molecular weight excluding hydrogens is 401 g/mol. The van der Waals surface area contributed by atoms with Gasteiger partial charge in [0.1, 0.15) is 11.4 Å². The van der Waals surface area contributed by atoms with E-state index >= 15 is 0 Å². The lowest BCUT2D eigenvalue weighted by Crippen LogP contribution is -2.54. The molecule has 0 bridgehead atoms. The average molecular weight is 415 g/mol. The van der Waals surface area contributed by atoms with Crippen molar-refractivity contribution in [1.82, 2.24) is 5.32 Å². The molecule has 0 spiro atoms. The number of rotatable bonds is 5. The van der Waals surface area contributed by atoms with E-state index in [0.29, 0.717) is 4.90 Å². The van der Waals surface area contributed by atoms with Crippen LogP contribution in [-0.2, 0) is 9.59 Å². The van der Waals surface area contributed by atoms with Crippen LogP contribution in [0.5, 0.6) is 11.5 Å². The fourth-order valence-corrected chi connectivity index (χ4v) is 2.75. The Balaban J connectivity index is 2.08. The predicted molar refractivity (Wildman–Crippen MR) is 101 cm³/mol. The maximum Gasteiger partial charge on any atom is 0.335 e. The molecule has 2 aromatic carbocycles. The number of anilines is 1. The van der Waals surface area contributed by atoms with Gasteiger partial charge in [-0.15, -0.1) is 0 Å². The first kappa shape index (κ1) is 20.5. The highest BCUT2D eigenvalue weighted by atomic mass is 19.1. The number of nitro groups is 1. The standard InChI is InChI=1S/C19H14FN3O7/c1-2-30-15-9-10(8-14(16(15)24)23(28)29)7-13-17(25)21-19(27)22(18(13)26)12-5-3-11(20)4-6-12/h3-9,24H,2H2,1H3,(H,21,25,27)/b13-7+. The van der Waals surface area contributed by atoms with Crippen LogP contribution in [0.3, 0.4) is 0 Å². The van der Waals surface area contributed by atoms with Crippen LogP contribution in [0.4, 0.5) is 20.6 Å². The van der Waals surface area contributed by atoms with Gasteiger partial charge in [0.15, 0.2) is 5.75 Å². The first-order valence-electron chi connectivity index (χ1n) is 8.54. The number of carbonyl (C=O) groups excluding carboxylic acids is 3. The summed E-state index contributed by atoms with van der Waals surface area (Å²) < 4.78 is 18.3. The first-order chi connectivity index (χ1) is 14.2. The molecule has 1 saturated heterocycles.